The topological polar surface area (TPSA) is 20.2 Å². The van der Waals surface area contributed by atoms with Gasteiger partial charge in [0.1, 0.15) is 0 Å². The highest BCUT2D eigenvalue weighted by Crippen LogP contribution is 2.36. The van der Waals surface area contributed by atoms with Crippen molar-refractivity contribution >= 4 is 0 Å². The fraction of sp³-hybridized carbons (Fsp3) is 0.600. The van der Waals surface area contributed by atoms with Crippen LogP contribution < -0.4 is 0 Å². The molecule has 16 heavy (non-hydrogen) atoms. The Morgan fingerprint density at radius 3 is 2.38 bits per heavy atom. The molecule has 1 N–H and O–H groups in total. The molecule has 0 heterocycles. The maximum Gasteiger partial charge on any atom is 0.0843 e. The molecular weight excluding hydrogens is 196 g/mol. The largest absolute Gasteiger partial charge is 0.386 e. The van der Waals surface area contributed by atoms with E-state index in [2.05, 4.69) is 25.1 Å². The Labute approximate surface area is 98.5 Å². The van der Waals surface area contributed by atoms with Crippen molar-refractivity contribution in [3.8, 4) is 0 Å². The van der Waals surface area contributed by atoms with Gasteiger partial charge in [-0.1, -0.05) is 31.0 Å². The van der Waals surface area contributed by atoms with Gasteiger partial charge in [-0.3, -0.25) is 0 Å². The van der Waals surface area contributed by atoms with Gasteiger partial charge >= 0.3 is 0 Å². The normalized spacial score (nSPS) is 18.0. The molecule has 1 saturated carbocycles. The van der Waals surface area contributed by atoms with E-state index < -0.39 is 5.60 Å². The number of hydrogen-bond donors (Lipinski definition) is 1. The minimum Gasteiger partial charge on any atom is -0.386 e. The third-order valence-electron chi connectivity index (χ3n) is 3.75. The van der Waals surface area contributed by atoms with Gasteiger partial charge in [0, 0.05) is 0 Å². The fourth-order valence-corrected chi connectivity index (χ4v) is 2.81. The highest BCUT2D eigenvalue weighted by Gasteiger charge is 2.22. The molecule has 0 unspecified atom stereocenters. The van der Waals surface area contributed by atoms with Crippen LogP contribution in [0.25, 0.3) is 0 Å². The predicted octanol–water partition coefficient (Wildman–Crippen LogP) is 3.88. The molecule has 0 saturated heterocycles. The first-order chi connectivity index (χ1) is 7.48. The fourth-order valence-electron chi connectivity index (χ4n) is 2.81. The van der Waals surface area contributed by atoms with Crippen molar-refractivity contribution in [1.29, 1.82) is 0 Å². The third-order valence-corrected chi connectivity index (χ3v) is 3.75. The van der Waals surface area contributed by atoms with E-state index in [1.54, 1.807) is 0 Å². The number of rotatable bonds is 2. The number of aliphatic hydroxyl groups is 1. The van der Waals surface area contributed by atoms with Gasteiger partial charge < -0.3 is 5.11 Å². The number of aryl methyl sites for hydroxylation is 1. The van der Waals surface area contributed by atoms with Gasteiger partial charge in [-0.25, -0.2) is 0 Å². The predicted molar refractivity (Wildman–Crippen MR) is 67.6 cm³/mol. The van der Waals surface area contributed by atoms with Crippen LogP contribution in [0.2, 0.25) is 0 Å². The summed E-state index contributed by atoms with van der Waals surface area (Å²) in [6.45, 7) is 5.81. The van der Waals surface area contributed by atoms with Crippen LogP contribution in [0.15, 0.2) is 18.2 Å². The van der Waals surface area contributed by atoms with E-state index >= 15 is 0 Å². The van der Waals surface area contributed by atoms with Gasteiger partial charge in [-0.15, -0.1) is 0 Å². The first-order valence-electron chi connectivity index (χ1n) is 6.32. The van der Waals surface area contributed by atoms with E-state index in [0.717, 1.165) is 11.5 Å². The van der Waals surface area contributed by atoms with Gasteiger partial charge in [-0.05, 0) is 56.2 Å². The average molecular weight is 218 g/mol. The maximum absolute atomic E-state index is 10.1. The lowest BCUT2D eigenvalue weighted by atomic mass is 9.88. The summed E-state index contributed by atoms with van der Waals surface area (Å²) in [4.78, 5) is 0. The smallest absolute Gasteiger partial charge is 0.0843 e. The summed E-state index contributed by atoms with van der Waals surface area (Å²) in [5, 5.41) is 10.1. The molecule has 1 aliphatic carbocycles. The number of hydrogen-bond acceptors (Lipinski definition) is 1. The van der Waals surface area contributed by atoms with E-state index in [-0.39, 0.29) is 0 Å². The Kier molecular flexibility index (Phi) is 3.07. The second-order valence-electron chi connectivity index (χ2n) is 5.61. The van der Waals surface area contributed by atoms with Gasteiger partial charge in [0.25, 0.3) is 0 Å². The number of benzene rings is 1. The van der Waals surface area contributed by atoms with Crippen LogP contribution in [0.4, 0.5) is 0 Å². The lowest BCUT2D eigenvalue weighted by Gasteiger charge is -2.22. The third kappa shape index (κ3) is 2.30. The van der Waals surface area contributed by atoms with Crippen LogP contribution >= 0.6 is 0 Å². The lowest BCUT2D eigenvalue weighted by Crippen LogP contribution is -2.17. The molecule has 0 radical (unpaired) electrons. The molecule has 88 valence electrons. The van der Waals surface area contributed by atoms with Gasteiger partial charge in [0.05, 0.1) is 5.60 Å². The molecule has 1 aromatic carbocycles. The molecule has 0 spiro atoms. The Balaban J connectivity index is 2.35. The van der Waals surface area contributed by atoms with Crippen molar-refractivity contribution in [2.45, 2.75) is 58.0 Å². The monoisotopic (exact) mass is 218 g/mol. The molecule has 0 aliphatic heterocycles. The molecule has 0 atom stereocenters. The molecule has 0 bridgehead atoms. The van der Waals surface area contributed by atoms with Crippen LogP contribution in [0.5, 0.6) is 0 Å². The summed E-state index contributed by atoms with van der Waals surface area (Å²) in [6.07, 6.45) is 5.34. The molecule has 0 amide bonds. The Bertz CT molecular complexity index is 368. The zero-order chi connectivity index (χ0) is 11.8. The maximum atomic E-state index is 10.1. The SMILES string of the molecule is Cc1ccc(C2CCCC2)cc1C(C)(C)O. The van der Waals surface area contributed by atoms with Crippen LogP contribution in [0.3, 0.4) is 0 Å². The van der Waals surface area contributed by atoms with Crippen molar-refractivity contribution in [3.05, 3.63) is 34.9 Å². The zero-order valence-electron chi connectivity index (χ0n) is 10.6. The van der Waals surface area contributed by atoms with Crippen molar-refractivity contribution < 1.29 is 5.11 Å². The van der Waals surface area contributed by atoms with E-state index in [1.165, 1.54) is 36.8 Å². The van der Waals surface area contributed by atoms with Crippen molar-refractivity contribution in [3.63, 3.8) is 0 Å². The van der Waals surface area contributed by atoms with Crippen molar-refractivity contribution in [1.82, 2.24) is 0 Å². The average Bonchev–Trinajstić information content (AvgIpc) is 2.69. The summed E-state index contributed by atoms with van der Waals surface area (Å²) in [5.41, 5.74) is 2.96. The lowest BCUT2D eigenvalue weighted by molar-refractivity contribution is 0.0778. The van der Waals surface area contributed by atoms with E-state index in [9.17, 15) is 5.11 Å². The molecule has 1 heteroatoms. The minimum atomic E-state index is -0.724. The second-order valence-corrected chi connectivity index (χ2v) is 5.61. The van der Waals surface area contributed by atoms with E-state index in [0.29, 0.717) is 0 Å². The van der Waals surface area contributed by atoms with Crippen LogP contribution in [0, 0.1) is 6.92 Å². The first-order valence-corrected chi connectivity index (χ1v) is 6.32. The van der Waals surface area contributed by atoms with Gasteiger partial charge in [0.15, 0.2) is 0 Å². The summed E-state index contributed by atoms with van der Waals surface area (Å²) >= 11 is 0. The van der Waals surface area contributed by atoms with Crippen molar-refractivity contribution in [2.75, 3.05) is 0 Å². The second kappa shape index (κ2) is 4.21. The standard InChI is InChI=1S/C15H22O/c1-11-8-9-13(12-6-4-5-7-12)10-14(11)15(2,3)16/h8-10,12,16H,4-7H2,1-3H3. The summed E-state index contributed by atoms with van der Waals surface area (Å²) in [7, 11) is 0. The van der Waals surface area contributed by atoms with Crippen LogP contribution in [-0.2, 0) is 5.60 Å². The van der Waals surface area contributed by atoms with Crippen LogP contribution in [-0.4, -0.2) is 5.11 Å². The summed E-state index contributed by atoms with van der Waals surface area (Å²) in [6, 6.07) is 6.60. The minimum absolute atomic E-state index is 0.724. The highest BCUT2D eigenvalue weighted by molar-refractivity contribution is 5.36. The summed E-state index contributed by atoms with van der Waals surface area (Å²) in [5.74, 6) is 0.724. The Morgan fingerprint density at radius 1 is 1.19 bits per heavy atom. The quantitative estimate of drug-likeness (QED) is 0.798. The summed E-state index contributed by atoms with van der Waals surface area (Å²) < 4.78 is 0. The van der Waals surface area contributed by atoms with Gasteiger partial charge in [0.2, 0.25) is 0 Å². The molecule has 2 rings (SSSR count). The van der Waals surface area contributed by atoms with E-state index in [4.69, 9.17) is 0 Å². The van der Waals surface area contributed by atoms with E-state index in [1.807, 2.05) is 13.8 Å². The molecule has 0 aromatic heterocycles. The molecule has 1 nitrogen and oxygen atoms in total. The molecular formula is C15H22O. The molecule has 1 aliphatic rings. The van der Waals surface area contributed by atoms with Crippen LogP contribution in [0.1, 0.15) is 62.1 Å². The highest BCUT2D eigenvalue weighted by atomic mass is 16.3. The molecule has 1 fully saturated rings. The Hall–Kier alpha value is -0.820. The Morgan fingerprint density at radius 2 is 1.81 bits per heavy atom. The van der Waals surface area contributed by atoms with Crippen molar-refractivity contribution in [2.24, 2.45) is 0 Å². The molecule has 1 aromatic rings. The van der Waals surface area contributed by atoms with Gasteiger partial charge in [-0.2, -0.15) is 0 Å². The first kappa shape index (κ1) is 11.7. The zero-order valence-corrected chi connectivity index (χ0v) is 10.6.